The van der Waals surface area contributed by atoms with E-state index in [-0.39, 0.29) is 12.5 Å². The molecule has 0 bridgehead atoms. The van der Waals surface area contributed by atoms with Crippen LogP contribution in [0.4, 0.5) is 0 Å². The molecule has 2 aliphatic heterocycles. The van der Waals surface area contributed by atoms with Crippen LogP contribution in [0.25, 0.3) is 0 Å². The van der Waals surface area contributed by atoms with Crippen molar-refractivity contribution < 1.29 is 14.6 Å². The third-order valence-corrected chi connectivity index (χ3v) is 5.53. The summed E-state index contributed by atoms with van der Waals surface area (Å²) in [4.78, 5) is 21.5. The molecule has 7 heteroatoms. The molecular formula is C20H32N4O3. The van der Waals surface area contributed by atoms with Gasteiger partial charge in [0.25, 0.3) is 0 Å². The third kappa shape index (κ3) is 5.90. The lowest BCUT2D eigenvalue weighted by Gasteiger charge is -2.38. The molecule has 0 atom stereocenters. The molecule has 0 saturated carbocycles. The third-order valence-electron chi connectivity index (χ3n) is 5.53. The van der Waals surface area contributed by atoms with E-state index in [0.717, 1.165) is 71.2 Å². The lowest BCUT2D eigenvalue weighted by Crippen LogP contribution is -2.53. The normalized spacial score (nSPS) is 20.0. The van der Waals surface area contributed by atoms with Crippen LogP contribution in [0, 0.1) is 0 Å². The Bertz CT molecular complexity index is 579. The van der Waals surface area contributed by atoms with Crippen molar-refractivity contribution in [3.63, 3.8) is 0 Å². The monoisotopic (exact) mass is 376 g/mol. The van der Waals surface area contributed by atoms with E-state index in [0.29, 0.717) is 6.54 Å². The van der Waals surface area contributed by atoms with Gasteiger partial charge in [-0.3, -0.25) is 19.5 Å². The quantitative estimate of drug-likeness (QED) is 0.720. The molecule has 7 nitrogen and oxygen atoms in total. The molecular weight excluding hydrogens is 344 g/mol. The van der Waals surface area contributed by atoms with Crippen molar-refractivity contribution in [2.75, 3.05) is 79.2 Å². The zero-order valence-electron chi connectivity index (χ0n) is 16.3. The van der Waals surface area contributed by atoms with Gasteiger partial charge in [-0.25, -0.2) is 0 Å². The van der Waals surface area contributed by atoms with E-state index in [4.69, 9.17) is 9.84 Å². The molecule has 1 aromatic carbocycles. The first kappa shape index (κ1) is 20.1. The van der Waals surface area contributed by atoms with E-state index in [1.807, 2.05) is 17.0 Å². The second-order valence-electron chi connectivity index (χ2n) is 7.35. The summed E-state index contributed by atoms with van der Waals surface area (Å²) in [6, 6.07) is 8.20. The highest BCUT2D eigenvalue weighted by Gasteiger charge is 2.24. The summed E-state index contributed by atoms with van der Waals surface area (Å²) in [5.74, 6) is 1.13. The van der Waals surface area contributed by atoms with Crippen LogP contribution in [0.3, 0.4) is 0 Å². The number of rotatable bonds is 7. The van der Waals surface area contributed by atoms with Gasteiger partial charge in [0.05, 0.1) is 20.3 Å². The summed E-state index contributed by atoms with van der Waals surface area (Å²) in [6.45, 7) is 9.50. The van der Waals surface area contributed by atoms with Crippen molar-refractivity contribution in [1.29, 1.82) is 0 Å². The average Bonchev–Trinajstić information content (AvgIpc) is 2.71. The summed E-state index contributed by atoms with van der Waals surface area (Å²) < 4.78 is 5.20. The second kappa shape index (κ2) is 10.0. The van der Waals surface area contributed by atoms with Gasteiger partial charge in [-0.1, -0.05) is 12.1 Å². The van der Waals surface area contributed by atoms with Gasteiger partial charge in [0.1, 0.15) is 5.75 Å². The largest absolute Gasteiger partial charge is 0.497 e. The zero-order valence-corrected chi connectivity index (χ0v) is 16.3. The first-order valence-electron chi connectivity index (χ1n) is 9.86. The van der Waals surface area contributed by atoms with E-state index in [9.17, 15) is 4.79 Å². The Morgan fingerprint density at radius 2 is 1.52 bits per heavy atom. The van der Waals surface area contributed by atoms with Crippen LogP contribution in [0.2, 0.25) is 0 Å². The van der Waals surface area contributed by atoms with E-state index >= 15 is 0 Å². The van der Waals surface area contributed by atoms with Crippen molar-refractivity contribution in [3.8, 4) is 5.75 Å². The van der Waals surface area contributed by atoms with E-state index in [2.05, 4.69) is 26.8 Å². The maximum Gasteiger partial charge on any atom is 0.236 e. The molecule has 0 spiro atoms. The number of hydrogen-bond acceptors (Lipinski definition) is 6. The van der Waals surface area contributed by atoms with Crippen LogP contribution in [0.1, 0.15) is 5.56 Å². The Morgan fingerprint density at radius 1 is 0.926 bits per heavy atom. The van der Waals surface area contributed by atoms with Crippen molar-refractivity contribution in [3.05, 3.63) is 29.8 Å². The van der Waals surface area contributed by atoms with Crippen LogP contribution < -0.4 is 4.74 Å². The molecule has 1 aromatic rings. The van der Waals surface area contributed by atoms with Crippen molar-refractivity contribution in [1.82, 2.24) is 19.6 Å². The Morgan fingerprint density at radius 3 is 2.11 bits per heavy atom. The first-order chi connectivity index (χ1) is 13.2. The van der Waals surface area contributed by atoms with E-state index < -0.39 is 0 Å². The number of aliphatic hydroxyl groups is 1. The Balaban J connectivity index is 1.37. The number of benzene rings is 1. The maximum absolute atomic E-state index is 12.6. The standard InChI is InChI=1S/C20H32N4O3/c1-27-19-4-2-18(3-5-19)16-22-10-12-24(13-11-22)20(26)17-23-8-6-21(7-9-23)14-15-25/h2-5,25H,6-17H2,1H3. The van der Waals surface area contributed by atoms with E-state index in [1.165, 1.54) is 5.56 Å². The summed E-state index contributed by atoms with van der Waals surface area (Å²) in [5, 5.41) is 9.01. The minimum Gasteiger partial charge on any atom is -0.497 e. The van der Waals surface area contributed by atoms with Crippen LogP contribution >= 0.6 is 0 Å². The van der Waals surface area contributed by atoms with Gasteiger partial charge >= 0.3 is 0 Å². The molecule has 27 heavy (non-hydrogen) atoms. The summed E-state index contributed by atoms with van der Waals surface area (Å²) in [7, 11) is 1.68. The lowest BCUT2D eigenvalue weighted by atomic mass is 10.2. The smallest absolute Gasteiger partial charge is 0.236 e. The molecule has 1 N–H and O–H groups in total. The Hall–Kier alpha value is -1.67. The molecule has 0 aliphatic carbocycles. The average molecular weight is 377 g/mol. The minimum absolute atomic E-state index is 0.208. The summed E-state index contributed by atoms with van der Waals surface area (Å²) in [6.07, 6.45) is 0. The molecule has 0 aromatic heterocycles. The van der Waals surface area contributed by atoms with Crippen LogP contribution in [-0.4, -0.2) is 110 Å². The van der Waals surface area contributed by atoms with Crippen molar-refractivity contribution >= 4 is 5.91 Å². The Labute approximate surface area is 162 Å². The summed E-state index contributed by atoms with van der Waals surface area (Å²) >= 11 is 0. The lowest BCUT2D eigenvalue weighted by molar-refractivity contribution is -0.134. The number of ether oxygens (including phenoxy) is 1. The fourth-order valence-corrected chi connectivity index (χ4v) is 3.75. The number of nitrogens with zero attached hydrogens (tertiary/aromatic N) is 4. The molecule has 2 saturated heterocycles. The molecule has 150 valence electrons. The molecule has 3 rings (SSSR count). The molecule has 2 aliphatic rings. The highest BCUT2D eigenvalue weighted by atomic mass is 16.5. The molecule has 2 fully saturated rings. The van der Waals surface area contributed by atoms with Crippen molar-refractivity contribution in [2.24, 2.45) is 0 Å². The van der Waals surface area contributed by atoms with Crippen molar-refractivity contribution in [2.45, 2.75) is 6.54 Å². The number of hydrogen-bond donors (Lipinski definition) is 1. The number of amides is 1. The molecule has 1 amide bonds. The second-order valence-corrected chi connectivity index (χ2v) is 7.35. The van der Waals surface area contributed by atoms with E-state index in [1.54, 1.807) is 7.11 Å². The predicted molar refractivity (Wildman–Crippen MR) is 105 cm³/mol. The fraction of sp³-hybridized carbons (Fsp3) is 0.650. The predicted octanol–water partition coefficient (Wildman–Crippen LogP) is -0.0507. The van der Waals surface area contributed by atoms with Crippen LogP contribution in [-0.2, 0) is 11.3 Å². The van der Waals surface area contributed by atoms with Gasteiger partial charge < -0.3 is 14.7 Å². The number of methoxy groups -OCH3 is 1. The zero-order chi connectivity index (χ0) is 19.1. The Kier molecular flexibility index (Phi) is 7.46. The highest BCUT2D eigenvalue weighted by molar-refractivity contribution is 5.78. The van der Waals surface area contributed by atoms with Gasteiger partial charge in [0.15, 0.2) is 0 Å². The topological polar surface area (TPSA) is 59.5 Å². The maximum atomic E-state index is 12.6. The first-order valence-corrected chi connectivity index (χ1v) is 9.86. The van der Waals surface area contributed by atoms with Gasteiger partial charge in [-0.2, -0.15) is 0 Å². The number of carbonyl (C=O) groups excluding carboxylic acids is 1. The van der Waals surface area contributed by atoms with Gasteiger partial charge in [0.2, 0.25) is 5.91 Å². The number of carbonyl (C=O) groups is 1. The summed E-state index contributed by atoms with van der Waals surface area (Å²) in [5.41, 5.74) is 1.27. The molecule has 2 heterocycles. The highest BCUT2D eigenvalue weighted by Crippen LogP contribution is 2.14. The van der Waals surface area contributed by atoms with Gasteiger partial charge in [0, 0.05) is 65.4 Å². The molecule has 0 radical (unpaired) electrons. The molecule has 0 unspecified atom stereocenters. The SMILES string of the molecule is COc1ccc(CN2CCN(C(=O)CN3CCN(CCO)CC3)CC2)cc1. The number of piperazine rings is 2. The fourth-order valence-electron chi connectivity index (χ4n) is 3.75. The van der Waals surface area contributed by atoms with Crippen LogP contribution in [0.15, 0.2) is 24.3 Å². The van der Waals surface area contributed by atoms with Crippen LogP contribution in [0.5, 0.6) is 5.75 Å². The number of β-amino-alcohol motifs (C(OH)–C–C–N with tert-alkyl or cyclic N) is 1. The van der Waals surface area contributed by atoms with Gasteiger partial charge in [-0.05, 0) is 17.7 Å². The van der Waals surface area contributed by atoms with Gasteiger partial charge in [-0.15, -0.1) is 0 Å². The number of aliphatic hydroxyl groups excluding tert-OH is 1. The minimum atomic E-state index is 0.208.